The summed E-state index contributed by atoms with van der Waals surface area (Å²) in [5.41, 5.74) is 0.817. The normalized spacial score (nSPS) is 38.7. The minimum atomic E-state index is -0.899. The molecule has 0 radical (unpaired) electrons. The fraction of sp³-hybridized carbons (Fsp3) is 0.435. The molecule has 4 aliphatic rings. The standard InChI is InChI=1S/C23H23NO5/c1-27-14-7-3-12(4-8-14)23-19-17-11-16(20(25)21(17)29-23)18(19)22(26)24(23)13-5-9-15(28-2)10-6-13/h3-10,16-21,25H,11H2,1-2H3. The van der Waals surface area contributed by atoms with Gasteiger partial charge in [-0.3, -0.25) is 9.69 Å². The molecule has 2 saturated carbocycles. The Morgan fingerprint density at radius 3 is 2.24 bits per heavy atom. The molecule has 2 saturated heterocycles. The van der Waals surface area contributed by atoms with Crippen molar-refractivity contribution in [2.45, 2.75) is 24.4 Å². The van der Waals surface area contributed by atoms with Gasteiger partial charge in [0.1, 0.15) is 11.5 Å². The molecule has 1 N–H and O–H groups in total. The van der Waals surface area contributed by atoms with Gasteiger partial charge in [0.2, 0.25) is 5.91 Å². The van der Waals surface area contributed by atoms with Gasteiger partial charge in [-0.2, -0.15) is 0 Å². The van der Waals surface area contributed by atoms with E-state index in [0.29, 0.717) is 0 Å². The molecule has 2 aliphatic heterocycles. The Morgan fingerprint density at radius 1 is 1.00 bits per heavy atom. The summed E-state index contributed by atoms with van der Waals surface area (Å²) in [6, 6.07) is 15.3. The van der Waals surface area contributed by atoms with Gasteiger partial charge in [-0.15, -0.1) is 0 Å². The number of carbonyl (C=O) groups excluding carboxylic acids is 1. The highest BCUT2D eigenvalue weighted by Crippen LogP contribution is 2.70. The van der Waals surface area contributed by atoms with E-state index in [-0.39, 0.29) is 35.7 Å². The van der Waals surface area contributed by atoms with Crippen LogP contribution in [-0.2, 0) is 15.3 Å². The van der Waals surface area contributed by atoms with Gasteiger partial charge in [-0.05, 0) is 54.7 Å². The molecular weight excluding hydrogens is 370 g/mol. The summed E-state index contributed by atoms with van der Waals surface area (Å²) < 4.78 is 17.3. The lowest BCUT2D eigenvalue weighted by Gasteiger charge is -2.39. The van der Waals surface area contributed by atoms with Crippen LogP contribution in [0.4, 0.5) is 5.69 Å². The highest BCUT2D eigenvalue weighted by atomic mass is 16.6. The maximum Gasteiger partial charge on any atom is 0.233 e. The van der Waals surface area contributed by atoms with Gasteiger partial charge in [0.15, 0.2) is 5.72 Å². The fourth-order valence-corrected chi connectivity index (χ4v) is 6.43. The van der Waals surface area contributed by atoms with Crippen LogP contribution < -0.4 is 14.4 Å². The van der Waals surface area contributed by atoms with Crippen LogP contribution in [0, 0.1) is 23.7 Å². The molecule has 6 rings (SSSR count). The average Bonchev–Trinajstić information content (AvgIpc) is 3.44. The van der Waals surface area contributed by atoms with E-state index in [1.165, 1.54) is 0 Å². The number of hydrogen-bond acceptors (Lipinski definition) is 5. The van der Waals surface area contributed by atoms with Crippen LogP contribution in [0.1, 0.15) is 12.0 Å². The number of fused-ring (bicyclic) bond motifs is 2. The van der Waals surface area contributed by atoms with Crippen molar-refractivity contribution in [1.29, 1.82) is 0 Å². The zero-order valence-electron chi connectivity index (χ0n) is 16.3. The smallest absolute Gasteiger partial charge is 0.233 e. The molecule has 4 fully saturated rings. The van der Waals surface area contributed by atoms with Crippen LogP contribution in [0.3, 0.4) is 0 Å². The van der Waals surface area contributed by atoms with E-state index in [1.54, 1.807) is 14.2 Å². The number of benzene rings is 2. The first-order valence-corrected chi connectivity index (χ1v) is 10.1. The second-order valence-electron chi connectivity index (χ2n) is 8.48. The van der Waals surface area contributed by atoms with E-state index in [2.05, 4.69) is 0 Å². The fourth-order valence-electron chi connectivity index (χ4n) is 6.43. The Balaban J connectivity index is 1.54. The van der Waals surface area contributed by atoms with Crippen LogP contribution in [-0.4, -0.2) is 37.4 Å². The third-order valence-electron chi connectivity index (χ3n) is 7.49. The second kappa shape index (κ2) is 5.74. The molecule has 0 spiro atoms. The Kier molecular flexibility index (Phi) is 3.42. The number of anilines is 1. The monoisotopic (exact) mass is 393 g/mol. The summed E-state index contributed by atoms with van der Waals surface area (Å²) in [5, 5.41) is 10.8. The Hall–Kier alpha value is -2.57. The second-order valence-corrected chi connectivity index (χ2v) is 8.48. The molecule has 2 bridgehead atoms. The van der Waals surface area contributed by atoms with E-state index in [9.17, 15) is 9.90 Å². The topological polar surface area (TPSA) is 68.2 Å². The summed E-state index contributed by atoms with van der Waals surface area (Å²) in [6.45, 7) is 0. The summed E-state index contributed by atoms with van der Waals surface area (Å²) in [4.78, 5) is 15.5. The molecule has 6 heteroatoms. The molecule has 6 nitrogen and oxygen atoms in total. The van der Waals surface area contributed by atoms with Crippen molar-refractivity contribution in [2.75, 3.05) is 19.1 Å². The molecule has 2 aliphatic carbocycles. The first kappa shape index (κ1) is 17.3. The first-order valence-electron chi connectivity index (χ1n) is 10.1. The molecule has 1 amide bonds. The number of nitrogens with zero attached hydrogens (tertiary/aromatic N) is 1. The number of aliphatic hydroxyl groups excluding tert-OH is 1. The van der Waals surface area contributed by atoms with E-state index >= 15 is 0 Å². The molecule has 7 unspecified atom stereocenters. The lowest BCUT2D eigenvalue weighted by Crippen LogP contribution is -2.49. The summed E-state index contributed by atoms with van der Waals surface area (Å²) in [5.74, 6) is 1.55. The number of amides is 1. The summed E-state index contributed by atoms with van der Waals surface area (Å²) in [6.07, 6.45) is 0.0712. The van der Waals surface area contributed by atoms with Crippen LogP contribution >= 0.6 is 0 Å². The van der Waals surface area contributed by atoms with Crippen molar-refractivity contribution in [2.24, 2.45) is 23.7 Å². The van der Waals surface area contributed by atoms with Gasteiger partial charge in [0, 0.05) is 17.2 Å². The van der Waals surface area contributed by atoms with Crippen molar-refractivity contribution >= 4 is 11.6 Å². The summed E-state index contributed by atoms with van der Waals surface area (Å²) in [7, 11) is 3.26. The van der Waals surface area contributed by atoms with Crippen LogP contribution in [0.25, 0.3) is 0 Å². The molecule has 150 valence electrons. The van der Waals surface area contributed by atoms with Gasteiger partial charge in [-0.1, -0.05) is 12.1 Å². The SMILES string of the molecule is COc1ccc(N2C(=O)C3C4CC5C(OC2(c2ccc(OC)cc2)C53)C4O)cc1. The lowest BCUT2D eigenvalue weighted by molar-refractivity contribution is -0.133. The van der Waals surface area contributed by atoms with E-state index in [0.717, 1.165) is 29.2 Å². The zero-order chi connectivity index (χ0) is 19.9. The van der Waals surface area contributed by atoms with E-state index in [4.69, 9.17) is 14.2 Å². The van der Waals surface area contributed by atoms with Crippen molar-refractivity contribution in [3.63, 3.8) is 0 Å². The summed E-state index contributed by atoms with van der Waals surface area (Å²) >= 11 is 0. The van der Waals surface area contributed by atoms with Crippen molar-refractivity contribution in [1.82, 2.24) is 0 Å². The number of rotatable bonds is 4. The molecule has 2 heterocycles. The first-order chi connectivity index (χ1) is 14.1. The Bertz CT molecular complexity index is 974. The molecule has 7 atom stereocenters. The molecule has 2 aromatic carbocycles. The maximum absolute atomic E-state index is 13.7. The van der Waals surface area contributed by atoms with Gasteiger partial charge in [0.25, 0.3) is 0 Å². The van der Waals surface area contributed by atoms with Crippen molar-refractivity contribution < 1.29 is 24.1 Å². The van der Waals surface area contributed by atoms with E-state index in [1.807, 2.05) is 53.4 Å². The van der Waals surface area contributed by atoms with Crippen molar-refractivity contribution in [3.05, 3.63) is 54.1 Å². The highest BCUT2D eigenvalue weighted by Gasteiger charge is 2.79. The number of aliphatic hydroxyl groups is 1. The molecular formula is C23H23NO5. The highest BCUT2D eigenvalue weighted by molar-refractivity contribution is 6.00. The van der Waals surface area contributed by atoms with Crippen molar-refractivity contribution in [3.8, 4) is 11.5 Å². The predicted octanol–water partition coefficient (Wildman–Crippen LogP) is 2.55. The lowest BCUT2D eigenvalue weighted by atomic mass is 9.75. The predicted molar refractivity (Wildman–Crippen MR) is 105 cm³/mol. The van der Waals surface area contributed by atoms with Gasteiger partial charge < -0.3 is 19.3 Å². The van der Waals surface area contributed by atoms with Crippen LogP contribution in [0.5, 0.6) is 11.5 Å². The Labute approximate surface area is 169 Å². The van der Waals surface area contributed by atoms with Crippen LogP contribution in [0.15, 0.2) is 48.5 Å². The molecule has 2 aromatic rings. The number of carbonyl (C=O) groups is 1. The van der Waals surface area contributed by atoms with Gasteiger partial charge >= 0.3 is 0 Å². The Morgan fingerprint density at radius 2 is 1.62 bits per heavy atom. The average molecular weight is 393 g/mol. The number of hydrogen-bond donors (Lipinski definition) is 1. The molecule has 29 heavy (non-hydrogen) atoms. The minimum absolute atomic E-state index is 0.0223. The van der Waals surface area contributed by atoms with Gasteiger partial charge in [-0.25, -0.2) is 0 Å². The molecule has 0 aromatic heterocycles. The number of ether oxygens (including phenoxy) is 3. The largest absolute Gasteiger partial charge is 0.497 e. The van der Waals surface area contributed by atoms with Gasteiger partial charge in [0.05, 0.1) is 32.3 Å². The third kappa shape index (κ3) is 1.96. The quantitative estimate of drug-likeness (QED) is 0.865. The third-order valence-corrected chi connectivity index (χ3v) is 7.49. The van der Waals surface area contributed by atoms with Crippen LogP contribution in [0.2, 0.25) is 0 Å². The minimum Gasteiger partial charge on any atom is -0.497 e. The van der Waals surface area contributed by atoms with E-state index < -0.39 is 11.8 Å². The maximum atomic E-state index is 13.7. The number of methoxy groups -OCH3 is 2. The zero-order valence-corrected chi connectivity index (χ0v) is 16.3.